The minimum absolute atomic E-state index is 0.00524. The van der Waals surface area contributed by atoms with Crippen molar-refractivity contribution in [2.24, 2.45) is 17.3 Å². The van der Waals surface area contributed by atoms with Crippen LogP contribution in [0, 0.1) is 24.2 Å². The molecule has 0 aliphatic carbocycles. The fourth-order valence-corrected chi connectivity index (χ4v) is 11.3. The highest BCUT2D eigenvalue weighted by Gasteiger charge is 2.49. The number of carbonyl (C=O) groups is 2. The summed E-state index contributed by atoms with van der Waals surface area (Å²) in [5, 5.41) is 3.01. The lowest BCUT2D eigenvalue weighted by Gasteiger charge is -2.45. The van der Waals surface area contributed by atoms with Gasteiger partial charge in [-0.05, 0) is 81.0 Å². The third kappa shape index (κ3) is 11.2. The average molecular weight is 718 g/mol. The van der Waals surface area contributed by atoms with Crippen molar-refractivity contribution >= 4 is 45.8 Å². The Balaban J connectivity index is 2.70. The molecule has 0 spiro atoms. The monoisotopic (exact) mass is 717 g/mol. The van der Waals surface area contributed by atoms with Gasteiger partial charge in [-0.15, -0.1) is 11.3 Å². The number of aryl methyl sites for hydroxylation is 1. The second kappa shape index (κ2) is 17.5. The van der Waals surface area contributed by atoms with Gasteiger partial charge in [-0.3, -0.25) is 9.59 Å². The van der Waals surface area contributed by atoms with Gasteiger partial charge in [0.1, 0.15) is 11.9 Å². The fraction of sp³-hybridized carbons (Fsp3) is 0.718. The first-order chi connectivity index (χ1) is 22.1. The Morgan fingerprint density at radius 1 is 1.08 bits per heavy atom. The van der Waals surface area contributed by atoms with Crippen molar-refractivity contribution in [3.63, 3.8) is 0 Å². The second-order valence-corrected chi connectivity index (χ2v) is 26.7. The molecule has 0 amide bonds. The standard InChI is InChI=1S/C39H67NO5SSi2/c1-16-48(17-2,18-3)44-34-25-35(41)43-33(29(6)24-32-26-46-31(8)40-32)23-22-27(4)20-19-21-28(5)36(30(7)37(42)39(34,12)13)45-47(14,15)38(9,10)11/h19,21-22,24,26,28,30,33-34,36H,16-18,20,23,25H2,1-15H3/b21-19+,27-22-,29-24+/t28-,30+,33?,34-,36-/m0/s1. The van der Waals surface area contributed by atoms with Crippen LogP contribution in [0.4, 0.5) is 0 Å². The molecule has 0 radical (unpaired) electrons. The van der Waals surface area contributed by atoms with Crippen LogP contribution in [-0.2, 0) is 23.2 Å². The fourth-order valence-electron chi connectivity index (χ4n) is 6.25. The number of aromatic nitrogens is 1. The lowest BCUT2D eigenvalue weighted by atomic mass is 9.73. The summed E-state index contributed by atoms with van der Waals surface area (Å²) in [7, 11) is -4.43. The maximum Gasteiger partial charge on any atom is 0.309 e. The number of ether oxygens (including phenoxy) is 1. The molecule has 0 saturated carbocycles. The van der Waals surface area contributed by atoms with Gasteiger partial charge in [0.2, 0.25) is 0 Å². The maximum absolute atomic E-state index is 14.8. The molecule has 2 heterocycles. The average Bonchev–Trinajstić information content (AvgIpc) is 3.42. The van der Waals surface area contributed by atoms with Gasteiger partial charge in [-0.2, -0.15) is 0 Å². The summed E-state index contributed by atoms with van der Waals surface area (Å²) in [6, 6.07) is 2.77. The minimum Gasteiger partial charge on any atom is -0.457 e. The molecule has 0 saturated heterocycles. The summed E-state index contributed by atoms with van der Waals surface area (Å²) >= 11 is 1.60. The Morgan fingerprint density at radius 3 is 2.21 bits per heavy atom. The smallest absolute Gasteiger partial charge is 0.309 e. The number of Topliss-reactive ketones (excluding diaryl/α,β-unsaturated/α-hetero) is 1. The Kier molecular flexibility index (Phi) is 15.5. The van der Waals surface area contributed by atoms with E-state index in [1.54, 1.807) is 11.3 Å². The van der Waals surface area contributed by atoms with Crippen LogP contribution in [-0.4, -0.2) is 51.7 Å². The number of nitrogens with zero attached hydrogens (tertiary/aromatic N) is 1. The molecular weight excluding hydrogens is 651 g/mol. The third-order valence-electron chi connectivity index (χ3n) is 11.1. The van der Waals surface area contributed by atoms with Crippen molar-refractivity contribution in [3.8, 4) is 0 Å². The molecule has 0 N–H and O–H groups in total. The number of carbonyl (C=O) groups excluding carboxylic acids is 2. The molecule has 0 fully saturated rings. The number of cyclic esters (lactones) is 1. The molecular formula is C39H67NO5SSi2. The van der Waals surface area contributed by atoms with E-state index < -0.39 is 40.2 Å². The van der Waals surface area contributed by atoms with Crippen LogP contribution in [0.1, 0.15) is 113 Å². The molecule has 6 nitrogen and oxygen atoms in total. The van der Waals surface area contributed by atoms with E-state index in [1.807, 2.05) is 46.1 Å². The Hall–Kier alpha value is -1.66. The van der Waals surface area contributed by atoms with E-state index in [0.717, 1.165) is 40.8 Å². The molecule has 0 aromatic carbocycles. The van der Waals surface area contributed by atoms with E-state index in [9.17, 15) is 9.59 Å². The van der Waals surface area contributed by atoms with Gasteiger partial charge in [-0.25, -0.2) is 4.98 Å². The molecule has 9 heteroatoms. The largest absolute Gasteiger partial charge is 0.457 e. The van der Waals surface area contributed by atoms with Crippen LogP contribution in [0.3, 0.4) is 0 Å². The van der Waals surface area contributed by atoms with Crippen LogP contribution in [0.2, 0.25) is 36.3 Å². The van der Waals surface area contributed by atoms with Crippen molar-refractivity contribution in [1.82, 2.24) is 4.98 Å². The summed E-state index contributed by atoms with van der Waals surface area (Å²) in [6.45, 7) is 32.0. The van der Waals surface area contributed by atoms with Gasteiger partial charge in [0, 0.05) is 23.1 Å². The summed E-state index contributed by atoms with van der Waals surface area (Å²) in [5.41, 5.74) is 2.06. The Bertz CT molecular complexity index is 1310. The van der Waals surface area contributed by atoms with E-state index in [2.05, 4.69) is 91.7 Å². The molecule has 1 unspecified atom stereocenters. The van der Waals surface area contributed by atoms with Crippen LogP contribution in [0.25, 0.3) is 6.08 Å². The number of thiazole rings is 1. The summed E-state index contributed by atoms with van der Waals surface area (Å²) in [4.78, 5) is 33.4. The predicted molar refractivity (Wildman–Crippen MR) is 208 cm³/mol. The van der Waals surface area contributed by atoms with Crippen molar-refractivity contribution < 1.29 is 23.2 Å². The summed E-state index contributed by atoms with van der Waals surface area (Å²) in [5.74, 6) is -0.646. The van der Waals surface area contributed by atoms with E-state index in [4.69, 9.17) is 13.6 Å². The lowest BCUT2D eigenvalue weighted by Crippen LogP contribution is -2.53. The molecule has 48 heavy (non-hydrogen) atoms. The van der Waals surface area contributed by atoms with Crippen LogP contribution in [0.15, 0.2) is 34.8 Å². The SMILES string of the molecule is CC[Si](CC)(CC)O[C@H]1CC(=O)OC(/C(C)=C/c2csc(C)n2)C/C=C(/C)C/C=C/[C@H](C)[C@H](O[Si](C)(C)C(C)(C)C)[C@@H](C)C(=O)C1(C)C. The lowest BCUT2D eigenvalue weighted by molar-refractivity contribution is -0.153. The second-order valence-electron chi connectivity index (χ2n) is 16.2. The van der Waals surface area contributed by atoms with Crippen LogP contribution in [0.5, 0.6) is 0 Å². The summed E-state index contributed by atoms with van der Waals surface area (Å²) < 4.78 is 20.5. The number of allylic oxidation sites excluding steroid dienone is 2. The van der Waals surface area contributed by atoms with Crippen molar-refractivity contribution in [2.45, 2.75) is 164 Å². The molecule has 5 atom stereocenters. The Morgan fingerprint density at radius 2 is 1.69 bits per heavy atom. The van der Waals surface area contributed by atoms with Gasteiger partial charge in [0.05, 0.1) is 29.3 Å². The van der Waals surface area contributed by atoms with Crippen LogP contribution >= 0.6 is 11.3 Å². The first kappa shape index (κ1) is 42.5. The molecule has 2 rings (SSSR count). The molecule has 272 valence electrons. The number of hydrogen-bond acceptors (Lipinski definition) is 7. The van der Waals surface area contributed by atoms with Gasteiger partial charge in [0.25, 0.3) is 0 Å². The van der Waals surface area contributed by atoms with E-state index >= 15 is 0 Å². The van der Waals surface area contributed by atoms with Crippen molar-refractivity contribution in [1.29, 1.82) is 0 Å². The van der Waals surface area contributed by atoms with Crippen molar-refractivity contribution in [2.75, 3.05) is 0 Å². The maximum atomic E-state index is 14.8. The first-order valence-electron chi connectivity index (χ1n) is 18.1. The quantitative estimate of drug-likeness (QED) is 0.144. The highest BCUT2D eigenvalue weighted by molar-refractivity contribution is 7.09. The van der Waals surface area contributed by atoms with Gasteiger partial charge in [-0.1, -0.05) is 93.0 Å². The zero-order chi connectivity index (χ0) is 36.7. The molecule has 1 aliphatic rings. The van der Waals surface area contributed by atoms with E-state index in [1.165, 1.54) is 5.57 Å². The van der Waals surface area contributed by atoms with Gasteiger partial charge in [0.15, 0.2) is 16.6 Å². The van der Waals surface area contributed by atoms with E-state index in [0.29, 0.717) is 6.42 Å². The highest BCUT2D eigenvalue weighted by Crippen LogP contribution is 2.42. The predicted octanol–water partition coefficient (Wildman–Crippen LogP) is 11.1. The zero-order valence-electron chi connectivity index (χ0n) is 32.9. The number of esters is 1. The van der Waals surface area contributed by atoms with E-state index in [-0.39, 0.29) is 35.2 Å². The third-order valence-corrected chi connectivity index (χ3v) is 21.0. The molecule has 0 bridgehead atoms. The Labute approximate surface area is 299 Å². The number of hydrogen-bond donors (Lipinski definition) is 0. The molecule has 1 aromatic heterocycles. The first-order valence-corrected chi connectivity index (χ1v) is 24.5. The number of ketones is 1. The van der Waals surface area contributed by atoms with Crippen molar-refractivity contribution in [3.05, 3.63) is 45.5 Å². The molecule has 1 aromatic rings. The van der Waals surface area contributed by atoms with Gasteiger partial charge < -0.3 is 13.6 Å². The zero-order valence-corrected chi connectivity index (χ0v) is 35.7. The topological polar surface area (TPSA) is 74.7 Å². The minimum atomic E-state index is -2.22. The highest BCUT2D eigenvalue weighted by atomic mass is 32.1. The summed E-state index contributed by atoms with van der Waals surface area (Å²) in [6.07, 6.45) is 8.62. The number of rotatable bonds is 9. The molecule has 1 aliphatic heterocycles. The normalized spacial score (nSPS) is 27.7. The van der Waals surface area contributed by atoms with Crippen LogP contribution < -0.4 is 0 Å². The van der Waals surface area contributed by atoms with Gasteiger partial charge >= 0.3 is 5.97 Å².